The minimum atomic E-state index is -1.14. The van der Waals surface area contributed by atoms with E-state index in [9.17, 15) is 9.90 Å². The molecule has 3 aromatic heterocycles. The Bertz CT molecular complexity index is 1880. The van der Waals surface area contributed by atoms with E-state index in [-0.39, 0.29) is 24.7 Å². The van der Waals surface area contributed by atoms with Gasteiger partial charge in [0.25, 0.3) is 5.89 Å². The molecule has 0 aliphatic rings. The van der Waals surface area contributed by atoms with Gasteiger partial charge >= 0.3 is 5.97 Å². The number of carboxylic acids is 1. The van der Waals surface area contributed by atoms with E-state index in [0.717, 1.165) is 16.9 Å². The second-order valence-corrected chi connectivity index (χ2v) is 9.97. The quantitative estimate of drug-likeness (QED) is 0.144. The van der Waals surface area contributed by atoms with Gasteiger partial charge in [-0.15, -0.1) is 5.10 Å². The van der Waals surface area contributed by atoms with E-state index in [1.54, 1.807) is 43.5 Å². The predicted octanol–water partition coefficient (Wildman–Crippen LogP) is 7.14. The lowest BCUT2D eigenvalue weighted by Gasteiger charge is -2.12. The fourth-order valence-electron chi connectivity index (χ4n) is 4.50. The van der Waals surface area contributed by atoms with Crippen molar-refractivity contribution in [2.24, 2.45) is 0 Å². The van der Waals surface area contributed by atoms with Crippen molar-refractivity contribution < 1.29 is 37.7 Å². The molecule has 11 heteroatoms. The third-order valence-corrected chi connectivity index (χ3v) is 6.80. The number of furan rings is 1. The molecule has 0 amide bonds. The molecule has 3 aromatic carbocycles. The fraction of sp³-hybridized carbons (Fsp3) is 0.147. The van der Waals surface area contributed by atoms with Gasteiger partial charge in [-0.2, -0.15) is 0 Å². The zero-order chi connectivity index (χ0) is 31.2. The van der Waals surface area contributed by atoms with Gasteiger partial charge in [0.15, 0.2) is 17.3 Å². The first-order valence-electron chi connectivity index (χ1n) is 14.0. The van der Waals surface area contributed by atoms with Crippen LogP contribution < -0.4 is 18.9 Å². The van der Waals surface area contributed by atoms with Crippen LogP contribution in [0, 0.1) is 6.92 Å². The van der Waals surface area contributed by atoms with Crippen LogP contribution in [0.25, 0.3) is 11.7 Å². The summed E-state index contributed by atoms with van der Waals surface area (Å²) in [4.78, 5) is 16.4. The zero-order valence-corrected chi connectivity index (χ0v) is 24.5. The summed E-state index contributed by atoms with van der Waals surface area (Å²) in [6.45, 7) is 2.38. The summed E-state index contributed by atoms with van der Waals surface area (Å²) < 4.78 is 35.8. The van der Waals surface area contributed by atoms with Gasteiger partial charge in [-0.1, -0.05) is 36.4 Å². The van der Waals surface area contributed by atoms with Crippen LogP contribution in [0.3, 0.4) is 0 Å². The summed E-state index contributed by atoms with van der Waals surface area (Å²) >= 11 is 0. The molecule has 3 heterocycles. The van der Waals surface area contributed by atoms with Crippen LogP contribution in [0.2, 0.25) is 0 Å². The van der Waals surface area contributed by atoms with E-state index in [0.29, 0.717) is 46.9 Å². The smallest absolute Gasteiger partial charge is 0.342 e. The second-order valence-electron chi connectivity index (χ2n) is 9.97. The van der Waals surface area contributed by atoms with Gasteiger partial charge in [-0.05, 0) is 66.6 Å². The largest absolute Gasteiger partial charge is 0.493 e. The van der Waals surface area contributed by atoms with Crippen molar-refractivity contribution in [1.82, 2.24) is 14.8 Å². The van der Waals surface area contributed by atoms with Crippen molar-refractivity contribution in [3.63, 3.8) is 0 Å². The Balaban J connectivity index is 1.08. The summed E-state index contributed by atoms with van der Waals surface area (Å²) in [5.41, 5.74) is 2.24. The van der Waals surface area contributed by atoms with Crippen molar-refractivity contribution in [3.8, 4) is 40.5 Å². The maximum Gasteiger partial charge on any atom is 0.342 e. The number of oxazole rings is 1. The molecule has 11 nitrogen and oxygen atoms in total. The number of ether oxygens (including phenoxy) is 4. The molecule has 0 atom stereocenters. The summed E-state index contributed by atoms with van der Waals surface area (Å²) in [7, 11) is 1.54. The lowest BCUT2D eigenvalue weighted by atomic mass is 10.2. The van der Waals surface area contributed by atoms with Gasteiger partial charge < -0.3 is 32.9 Å². The number of hydrogen-bond acceptors (Lipinski definition) is 9. The molecule has 0 radical (unpaired) electrons. The van der Waals surface area contributed by atoms with E-state index in [2.05, 4.69) is 10.1 Å². The number of aromatic carboxylic acids is 1. The average Bonchev–Trinajstić information content (AvgIpc) is 3.81. The number of hydrogen-bond donors (Lipinski definition) is 1. The molecule has 228 valence electrons. The molecule has 0 saturated heterocycles. The number of carbonyl (C=O) groups is 1. The molecule has 1 N–H and O–H groups in total. The van der Waals surface area contributed by atoms with E-state index in [1.807, 2.05) is 54.6 Å². The Morgan fingerprint density at radius 1 is 0.889 bits per heavy atom. The standard InChI is InChI=1S/C34H29N3O8/c1-22-28(35-33(44-22)30-9-6-16-41-30)21-42-29-15-12-24(17-31(29)40-2)20-43-32-27(34(38)39)19-37(36-32)18-23-10-13-26(14-11-23)45-25-7-4-3-5-8-25/h3-17,19H,18,20-21H2,1-2H3,(H,38,39). The maximum absolute atomic E-state index is 11.9. The summed E-state index contributed by atoms with van der Waals surface area (Å²) in [6, 6.07) is 25.9. The van der Waals surface area contributed by atoms with Crippen LogP contribution in [-0.4, -0.2) is 33.0 Å². The molecule has 6 rings (SSSR count). The number of nitrogens with zero attached hydrogens (tertiary/aromatic N) is 3. The lowest BCUT2D eigenvalue weighted by Crippen LogP contribution is -2.04. The first kappa shape index (κ1) is 29.1. The monoisotopic (exact) mass is 607 g/mol. The van der Waals surface area contributed by atoms with E-state index >= 15 is 0 Å². The van der Waals surface area contributed by atoms with Crippen LogP contribution in [0.5, 0.6) is 28.9 Å². The number of benzene rings is 3. The van der Waals surface area contributed by atoms with E-state index < -0.39 is 5.97 Å². The Kier molecular flexibility index (Phi) is 8.49. The summed E-state index contributed by atoms with van der Waals surface area (Å²) in [5.74, 6) is 2.82. The van der Waals surface area contributed by atoms with Crippen molar-refractivity contribution >= 4 is 5.97 Å². The fourth-order valence-corrected chi connectivity index (χ4v) is 4.50. The van der Waals surface area contributed by atoms with Gasteiger partial charge in [0.2, 0.25) is 5.88 Å². The first-order valence-corrected chi connectivity index (χ1v) is 14.0. The summed E-state index contributed by atoms with van der Waals surface area (Å²) in [6.07, 6.45) is 3.01. The predicted molar refractivity (Wildman–Crippen MR) is 162 cm³/mol. The first-order chi connectivity index (χ1) is 21.9. The highest BCUT2D eigenvalue weighted by Crippen LogP contribution is 2.31. The Morgan fingerprint density at radius 2 is 1.67 bits per heavy atom. The van der Waals surface area contributed by atoms with E-state index in [4.69, 9.17) is 27.8 Å². The molecule has 0 unspecified atom stereocenters. The van der Waals surface area contributed by atoms with Crippen molar-refractivity contribution in [1.29, 1.82) is 0 Å². The van der Waals surface area contributed by atoms with Crippen LogP contribution in [0.4, 0.5) is 0 Å². The average molecular weight is 608 g/mol. The molecule has 0 spiro atoms. The SMILES string of the molecule is COc1cc(COc2nn(Cc3ccc(Oc4ccccc4)cc3)cc2C(=O)O)ccc1OCc1nc(-c2ccco2)oc1C. The molecular formula is C34H29N3O8. The van der Waals surface area contributed by atoms with Crippen molar-refractivity contribution in [2.75, 3.05) is 7.11 Å². The highest BCUT2D eigenvalue weighted by Gasteiger charge is 2.19. The highest BCUT2D eigenvalue weighted by molar-refractivity contribution is 5.89. The highest BCUT2D eigenvalue weighted by atomic mass is 16.5. The Hall–Kier alpha value is -5.97. The number of carboxylic acid groups (broad SMARTS) is 1. The van der Waals surface area contributed by atoms with Gasteiger partial charge in [-0.25, -0.2) is 9.78 Å². The van der Waals surface area contributed by atoms with Crippen LogP contribution in [0.1, 0.15) is 32.9 Å². The summed E-state index contributed by atoms with van der Waals surface area (Å²) in [5, 5.41) is 14.1. The molecule has 0 bridgehead atoms. The molecule has 0 aliphatic heterocycles. The molecule has 6 aromatic rings. The molecule has 0 saturated carbocycles. The number of aryl methyl sites for hydroxylation is 1. The van der Waals surface area contributed by atoms with Crippen molar-refractivity contribution in [3.05, 3.63) is 126 Å². The molecular weight excluding hydrogens is 578 g/mol. The van der Waals surface area contributed by atoms with Gasteiger partial charge in [0.05, 0.1) is 19.9 Å². The van der Waals surface area contributed by atoms with Gasteiger partial charge in [0.1, 0.15) is 41.7 Å². The normalized spacial score (nSPS) is 10.9. The van der Waals surface area contributed by atoms with Gasteiger partial charge in [0, 0.05) is 6.20 Å². The maximum atomic E-state index is 11.9. The third kappa shape index (κ3) is 6.99. The van der Waals surface area contributed by atoms with Crippen molar-refractivity contribution in [2.45, 2.75) is 26.7 Å². The van der Waals surface area contributed by atoms with Gasteiger partial charge in [-0.3, -0.25) is 4.68 Å². The number of rotatable bonds is 13. The van der Waals surface area contributed by atoms with Crippen LogP contribution in [-0.2, 0) is 19.8 Å². The van der Waals surface area contributed by atoms with Crippen LogP contribution >= 0.6 is 0 Å². The minimum absolute atomic E-state index is 0.0136. The zero-order valence-electron chi connectivity index (χ0n) is 24.5. The second kappa shape index (κ2) is 13.1. The Labute approximate surface area is 258 Å². The number of methoxy groups -OCH3 is 1. The number of para-hydroxylation sites is 1. The minimum Gasteiger partial charge on any atom is -0.493 e. The van der Waals surface area contributed by atoms with Crippen LogP contribution in [0.15, 0.2) is 106 Å². The molecule has 45 heavy (non-hydrogen) atoms. The topological polar surface area (TPSA) is 131 Å². The molecule has 0 aliphatic carbocycles. The lowest BCUT2D eigenvalue weighted by molar-refractivity contribution is 0.0691. The Morgan fingerprint density at radius 3 is 2.40 bits per heavy atom. The third-order valence-electron chi connectivity index (χ3n) is 6.80. The number of aromatic nitrogens is 3. The molecule has 0 fully saturated rings. The van der Waals surface area contributed by atoms with E-state index in [1.165, 1.54) is 18.0 Å².